The molecule has 244 valence electrons. The molecule has 0 spiro atoms. The zero-order valence-electron chi connectivity index (χ0n) is 18.7. The van der Waals surface area contributed by atoms with Crippen molar-refractivity contribution in [2.24, 2.45) is 11.7 Å². The minimum atomic E-state index is -7.73. The molecule has 0 saturated heterocycles. The summed E-state index contributed by atoms with van der Waals surface area (Å²) < 4.78 is 258. The van der Waals surface area contributed by atoms with Gasteiger partial charge in [0.05, 0.1) is 6.10 Å². The second-order valence-electron chi connectivity index (χ2n) is 7.92. The lowest BCUT2D eigenvalue weighted by molar-refractivity contribution is -0.575. The maximum absolute atomic E-state index is 14.1. The van der Waals surface area contributed by atoms with Crippen LogP contribution >= 0.6 is 0 Å². The molecule has 1 fully saturated rings. The van der Waals surface area contributed by atoms with Crippen LogP contribution in [-0.2, 0) is 18.9 Å². The van der Waals surface area contributed by atoms with Crippen molar-refractivity contribution in [1.82, 2.24) is 0 Å². The van der Waals surface area contributed by atoms with Gasteiger partial charge in [-0.25, -0.2) is 14.2 Å². The largest absolute Gasteiger partial charge is 0.496 e. The molecule has 6 nitrogen and oxygen atoms in total. The van der Waals surface area contributed by atoms with Gasteiger partial charge >= 0.3 is 60.8 Å². The molecular formula is C16H12F19NO5. The molecule has 3 unspecified atom stereocenters. The Morgan fingerprint density at radius 3 is 1.24 bits per heavy atom. The van der Waals surface area contributed by atoms with Gasteiger partial charge < -0.3 is 15.6 Å². The lowest BCUT2D eigenvalue weighted by Gasteiger charge is -2.40. The van der Waals surface area contributed by atoms with Gasteiger partial charge in [-0.1, -0.05) is 0 Å². The number of alkyl halides is 16. The lowest BCUT2D eigenvalue weighted by atomic mass is 9.80. The molecule has 25 heteroatoms. The van der Waals surface area contributed by atoms with Gasteiger partial charge in [0, 0.05) is 12.0 Å². The van der Waals surface area contributed by atoms with Gasteiger partial charge in [0.1, 0.15) is 0 Å². The fraction of sp³-hybridized carbons (Fsp3) is 0.875. The highest BCUT2D eigenvalue weighted by Gasteiger charge is 2.78. The van der Waals surface area contributed by atoms with Gasteiger partial charge in [-0.05, 0) is 19.3 Å². The van der Waals surface area contributed by atoms with Gasteiger partial charge in [-0.3, -0.25) is 0 Å². The third kappa shape index (κ3) is 7.70. The number of aliphatic hydroxyl groups is 1. The Hall–Kier alpha value is -1.99. The normalized spacial score (nSPS) is 22.5. The SMILES string of the molecule is NC1CC(C(F)(F)C(F)(F)OC(F)(F)C(F)(F)OC(F)(F)C(F)(F)OC(F)(F)C(F)(F)OC(F)=C(F)F)CCC1O. The highest BCUT2D eigenvalue weighted by molar-refractivity contribution is 4.94. The van der Waals surface area contributed by atoms with Crippen LogP contribution in [0.15, 0.2) is 12.1 Å². The molecule has 3 atom stereocenters. The molecule has 0 heterocycles. The predicted octanol–water partition coefficient (Wildman–Crippen LogP) is 6.36. The quantitative estimate of drug-likeness (QED) is 0.177. The molecule has 41 heavy (non-hydrogen) atoms. The molecule has 0 amide bonds. The Kier molecular flexibility index (Phi) is 10.2. The summed E-state index contributed by atoms with van der Waals surface area (Å²) in [6.07, 6.45) is -60.6. The van der Waals surface area contributed by atoms with E-state index in [1.807, 2.05) is 9.47 Å². The zero-order chi connectivity index (χ0) is 32.8. The average Bonchev–Trinajstić information content (AvgIpc) is 2.72. The molecule has 1 rings (SSSR count). The number of rotatable bonds is 13. The first-order chi connectivity index (χ1) is 17.9. The molecule has 0 aromatic rings. The number of nitrogens with two attached hydrogens (primary N) is 1. The summed E-state index contributed by atoms with van der Waals surface area (Å²) in [4.78, 5) is 0. The van der Waals surface area contributed by atoms with E-state index in [1.54, 1.807) is 0 Å². The molecule has 1 aliphatic rings. The molecule has 3 N–H and O–H groups in total. The lowest BCUT2D eigenvalue weighted by Crippen LogP contribution is -2.61. The molecule has 0 aromatic carbocycles. The van der Waals surface area contributed by atoms with Crippen LogP contribution in [-0.4, -0.2) is 65.9 Å². The van der Waals surface area contributed by atoms with Crippen LogP contribution in [0.3, 0.4) is 0 Å². The van der Waals surface area contributed by atoms with Gasteiger partial charge in [0.25, 0.3) is 0 Å². The molecule has 1 saturated carbocycles. The number of ether oxygens (including phenoxy) is 4. The van der Waals surface area contributed by atoms with E-state index >= 15 is 0 Å². The van der Waals surface area contributed by atoms with Crippen LogP contribution in [0.25, 0.3) is 0 Å². The fourth-order valence-electron chi connectivity index (χ4n) is 2.81. The first-order valence-electron chi connectivity index (χ1n) is 9.82. The maximum Gasteiger partial charge on any atom is 0.496 e. The van der Waals surface area contributed by atoms with E-state index in [1.165, 1.54) is 9.47 Å². The van der Waals surface area contributed by atoms with Crippen LogP contribution in [0.5, 0.6) is 0 Å². The zero-order valence-corrected chi connectivity index (χ0v) is 18.7. The van der Waals surface area contributed by atoms with Gasteiger partial charge in [0.15, 0.2) is 0 Å². The summed E-state index contributed by atoms with van der Waals surface area (Å²) in [5.41, 5.74) is 5.14. The van der Waals surface area contributed by atoms with Gasteiger partial charge in [-0.2, -0.15) is 83.4 Å². The minimum absolute atomic E-state index is 0.769. The third-order valence-corrected chi connectivity index (χ3v) is 4.91. The van der Waals surface area contributed by atoms with Crippen molar-refractivity contribution in [3.63, 3.8) is 0 Å². The average molecular weight is 659 g/mol. The molecule has 0 radical (unpaired) electrons. The van der Waals surface area contributed by atoms with E-state index in [4.69, 9.17) is 5.73 Å². The van der Waals surface area contributed by atoms with Crippen molar-refractivity contribution in [2.45, 2.75) is 80.1 Å². The van der Waals surface area contributed by atoms with E-state index in [0.717, 1.165) is 0 Å². The number of hydrogen-bond acceptors (Lipinski definition) is 6. The third-order valence-electron chi connectivity index (χ3n) is 4.91. The Morgan fingerprint density at radius 1 is 0.561 bits per heavy atom. The Balaban J connectivity index is 3.20. The number of aliphatic hydroxyl groups excluding tert-OH is 1. The van der Waals surface area contributed by atoms with Crippen molar-refractivity contribution in [2.75, 3.05) is 0 Å². The fourth-order valence-corrected chi connectivity index (χ4v) is 2.81. The van der Waals surface area contributed by atoms with Crippen molar-refractivity contribution < 1.29 is 107 Å². The predicted molar refractivity (Wildman–Crippen MR) is 85.6 cm³/mol. The minimum Gasteiger partial charge on any atom is -0.396 e. The highest BCUT2D eigenvalue weighted by atomic mass is 19.4. The summed E-state index contributed by atoms with van der Waals surface area (Å²) in [5, 5.41) is 9.30. The van der Waals surface area contributed by atoms with Gasteiger partial charge in [-0.15, -0.1) is 0 Å². The summed E-state index contributed by atoms with van der Waals surface area (Å²) in [6.45, 7) is 0. The molecular weight excluding hydrogens is 647 g/mol. The monoisotopic (exact) mass is 659 g/mol. The van der Waals surface area contributed by atoms with E-state index in [-0.39, 0.29) is 0 Å². The van der Waals surface area contributed by atoms with Crippen molar-refractivity contribution in [3.05, 3.63) is 12.1 Å². The van der Waals surface area contributed by atoms with Crippen molar-refractivity contribution >= 4 is 0 Å². The summed E-state index contributed by atoms with van der Waals surface area (Å²) in [7, 11) is 0. The second kappa shape index (κ2) is 11.3. The number of halogens is 19. The molecule has 0 aromatic heterocycles. The summed E-state index contributed by atoms with van der Waals surface area (Å²) in [6, 6.07) is -5.63. The van der Waals surface area contributed by atoms with Crippen molar-refractivity contribution in [1.29, 1.82) is 0 Å². The molecule has 0 bridgehead atoms. The van der Waals surface area contributed by atoms with Gasteiger partial charge in [0.2, 0.25) is 0 Å². The number of hydrogen-bond donors (Lipinski definition) is 2. The topological polar surface area (TPSA) is 83.2 Å². The van der Waals surface area contributed by atoms with E-state index in [0.29, 0.717) is 0 Å². The van der Waals surface area contributed by atoms with Crippen molar-refractivity contribution in [3.8, 4) is 0 Å². The maximum atomic E-state index is 14.1. The highest BCUT2D eigenvalue weighted by Crippen LogP contribution is 2.53. The van der Waals surface area contributed by atoms with Crippen LogP contribution in [0.1, 0.15) is 19.3 Å². The van der Waals surface area contributed by atoms with E-state index in [2.05, 4.69) is 0 Å². The first kappa shape index (κ1) is 37.0. The van der Waals surface area contributed by atoms with Crippen LogP contribution in [0.2, 0.25) is 0 Å². The summed E-state index contributed by atoms with van der Waals surface area (Å²) in [5.74, 6) is -8.73. The first-order valence-corrected chi connectivity index (χ1v) is 9.82. The smallest absolute Gasteiger partial charge is 0.396 e. The Bertz CT molecular complexity index is 954. The summed E-state index contributed by atoms with van der Waals surface area (Å²) >= 11 is 0. The van der Waals surface area contributed by atoms with Crippen LogP contribution in [0, 0.1) is 5.92 Å². The molecule has 1 aliphatic carbocycles. The molecule has 0 aliphatic heterocycles. The van der Waals surface area contributed by atoms with E-state index in [9.17, 15) is 88.5 Å². The van der Waals surface area contributed by atoms with Crippen LogP contribution < -0.4 is 5.73 Å². The Labute approximate surface area is 212 Å². The van der Waals surface area contributed by atoms with E-state index < -0.39 is 98.1 Å². The van der Waals surface area contributed by atoms with Crippen LogP contribution in [0.4, 0.5) is 83.4 Å². The Morgan fingerprint density at radius 2 is 0.902 bits per heavy atom. The standard InChI is InChI=1S/C16H12F19NO5/c17-7(18)8(19)38-11(24,25)12(26,27)40-15(32,33)16(34,35)41-14(30,31)13(28,29)39-10(22,23)9(20,21)4-1-2-6(37)5(36)3-4/h4-6,37H,1-3,36H2. The second-order valence-corrected chi connectivity index (χ2v) is 7.92.